The maximum absolute atomic E-state index is 12.1. The molecule has 0 spiro atoms. The van der Waals surface area contributed by atoms with E-state index in [-0.39, 0.29) is 28.3 Å². The quantitative estimate of drug-likeness (QED) is 0.383. The second-order valence-electron chi connectivity index (χ2n) is 13.7. The molecule has 0 aromatic rings. The third-order valence-electron chi connectivity index (χ3n) is 11.9. The highest BCUT2D eigenvalue weighted by Gasteiger charge is 2.64. The van der Waals surface area contributed by atoms with Gasteiger partial charge >= 0.3 is 0 Å². The van der Waals surface area contributed by atoms with Crippen LogP contribution in [0, 0.1) is 52.3 Å². The molecule has 4 aliphatic rings. The average Bonchev–Trinajstić information content (AvgIpc) is 3.15. The summed E-state index contributed by atoms with van der Waals surface area (Å²) in [5.74, 6) is 3.54. The highest BCUT2D eigenvalue weighted by atomic mass is 32.2. The molecule has 35 heavy (non-hydrogen) atoms. The maximum Gasteiger partial charge on any atom is 0.213 e. The SMILES string of the molecule is CC[C@@H]1C2C[C@H](O)CCC2(C)[C@H]2CCC3(C)C([C@H](C)CCCNS(=O)(=O)C(C)C)CC[C@H]3[C@@H]2[C@@H]1O. The number of aliphatic hydroxyl groups excluding tert-OH is 2. The van der Waals surface area contributed by atoms with Gasteiger partial charge in [0.15, 0.2) is 0 Å². The highest BCUT2D eigenvalue weighted by Crippen LogP contribution is 2.69. The van der Waals surface area contributed by atoms with E-state index in [0.29, 0.717) is 48.0 Å². The van der Waals surface area contributed by atoms with Gasteiger partial charge in [-0.25, -0.2) is 13.1 Å². The zero-order valence-electron chi connectivity index (χ0n) is 23.2. The Morgan fingerprint density at radius 3 is 2.26 bits per heavy atom. The van der Waals surface area contributed by atoms with Crippen molar-refractivity contribution in [2.24, 2.45) is 52.3 Å². The molecule has 0 radical (unpaired) electrons. The fourth-order valence-corrected chi connectivity index (χ4v) is 10.7. The third-order valence-corrected chi connectivity index (χ3v) is 13.8. The largest absolute Gasteiger partial charge is 0.393 e. The van der Waals surface area contributed by atoms with E-state index in [1.165, 1.54) is 25.7 Å². The Balaban J connectivity index is 1.47. The van der Waals surface area contributed by atoms with Gasteiger partial charge in [-0.05, 0) is 124 Å². The van der Waals surface area contributed by atoms with Crippen molar-refractivity contribution in [2.75, 3.05) is 6.54 Å². The Hall–Kier alpha value is -0.170. The second kappa shape index (κ2) is 10.2. The zero-order valence-corrected chi connectivity index (χ0v) is 24.0. The molecule has 4 fully saturated rings. The highest BCUT2D eigenvalue weighted by molar-refractivity contribution is 7.90. The molecule has 3 N–H and O–H groups in total. The van der Waals surface area contributed by atoms with E-state index in [2.05, 4.69) is 32.4 Å². The lowest BCUT2D eigenvalue weighted by molar-refractivity contribution is -0.203. The molecule has 4 unspecified atom stereocenters. The van der Waals surface area contributed by atoms with E-state index in [9.17, 15) is 18.6 Å². The Kier molecular flexibility index (Phi) is 8.11. The summed E-state index contributed by atoms with van der Waals surface area (Å²) in [6, 6.07) is 0. The molecule has 5 nitrogen and oxygen atoms in total. The third kappa shape index (κ3) is 4.76. The van der Waals surface area contributed by atoms with Crippen LogP contribution in [0.25, 0.3) is 0 Å². The lowest BCUT2D eigenvalue weighted by Gasteiger charge is -2.64. The van der Waals surface area contributed by atoms with Crippen molar-refractivity contribution in [1.29, 1.82) is 0 Å². The summed E-state index contributed by atoms with van der Waals surface area (Å²) in [6.45, 7) is 13.6. The molecule has 4 aliphatic carbocycles. The van der Waals surface area contributed by atoms with Crippen LogP contribution in [0.4, 0.5) is 0 Å². The zero-order chi connectivity index (χ0) is 25.8. The number of fused-ring (bicyclic) bond motifs is 5. The van der Waals surface area contributed by atoms with Gasteiger partial charge in [0.2, 0.25) is 10.0 Å². The van der Waals surface area contributed by atoms with Gasteiger partial charge in [0, 0.05) is 6.54 Å². The number of sulfonamides is 1. The minimum Gasteiger partial charge on any atom is -0.393 e. The van der Waals surface area contributed by atoms with Crippen molar-refractivity contribution in [1.82, 2.24) is 4.72 Å². The molecular weight excluding hydrogens is 458 g/mol. The molecule has 6 heteroatoms. The Bertz CT molecular complexity index is 846. The minimum atomic E-state index is -3.19. The van der Waals surface area contributed by atoms with Crippen LogP contribution in [0.2, 0.25) is 0 Å². The van der Waals surface area contributed by atoms with Gasteiger partial charge < -0.3 is 10.2 Å². The molecule has 4 saturated carbocycles. The van der Waals surface area contributed by atoms with Crippen LogP contribution in [-0.2, 0) is 10.0 Å². The van der Waals surface area contributed by atoms with Crippen LogP contribution in [0.15, 0.2) is 0 Å². The Labute approximate surface area is 215 Å². The van der Waals surface area contributed by atoms with E-state index in [1.54, 1.807) is 13.8 Å². The van der Waals surface area contributed by atoms with Gasteiger partial charge in [-0.3, -0.25) is 0 Å². The molecule has 204 valence electrons. The van der Waals surface area contributed by atoms with Gasteiger partial charge in [0.1, 0.15) is 0 Å². The monoisotopic (exact) mass is 511 g/mol. The van der Waals surface area contributed by atoms with E-state index < -0.39 is 10.0 Å². The van der Waals surface area contributed by atoms with Crippen molar-refractivity contribution in [3.63, 3.8) is 0 Å². The molecular formula is C29H53NO4S. The Morgan fingerprint density at radius 2 is 1.60 bits per heavy atom. The standard InChI is InChI=1S/C29H53NO4S/c1-7-21-25-17-20(31)12-14-29(25,6)24-13-15-28(5)22(10-11-23(28)26(24)27(21)32)19(4)9-8-16-30-35(33,34)18(2)3/h18-27,30-32H,7-17H2,1-6H3/t19-,20-,21-,22?,23+,24+,25?,26+,27-,28?,29?/m1/s1. The first-order chi connectivity index (χ1) is 16.4. The first-order valence-corrected chi connectivity index (χ1v) is 16.3. The van der Waals surface area contributed by atoms with E-state index in [1.807, 2.05) is 0 Å². The maximum atomic E-state index is 12.1. The Morgan fingerprint density at radius 1 is 0.943 bits per heavy atom. The fourth-order valence-electron chi connectivity index (χ4n) is 9.94. The van der Waals surface area contributed by atoms with E-state index >= 15 is 0 Å². The molecule has 0 aromatic carbocycles. The van der Waals surface area contributed by atoms with E-state index in [0.717, 1.165) is 38.5 Å². The van der Waals surface area contributed by atoms with Crippen molar-refractivity contribution < 1.29 is 18.6 Å². The minimum absolute atomic E-state index is 0.193. The molecule has 0 bridgehead atoms. The summed E-state index contributed by atoms with van der Waals surface area (Å²) >= 11 is 0. The lowest BCUT2D eigenvalue weighted by Crippen LogP contribution is -2.62. The fraction of sp³-hybridized carbons (Fsp3) is 1.00. The van der Waals surface area contributed by atoms with Crippen molar-refractivity contribution >= 4 is 10.0 Å². The molecule has 11 atom stereocenters. The van der Waals surface area contributed by atoms with Crippen LogP contribution < -0.4 is 4.72 Å². The van der Waals surface area contributed by atoms with Crippen molar-refractivity contribution in [3.05, 3.63) is 0 Å². The number of aliphatic hydroxyl groups is 2. The van der Waals surface area contributed by atoms with E-state index in [4.69, 9.17) is 0 Å². The normalized spacial score (nSPS) is 46.7. The van der Waals surface area contributed by atoms with Crippen molar-refractivity contribution in [3.8, 4) is 0 Å². The summed E-state index contributed by atoms with van der Waals surface area (Å²) in [4.78, 5) is 0. The average molecular weight is 512 g/mol. The smallest absolute Gasteiger partial charge is 0.213 e. The topological polar surface area (TPSA) is 86.6 Å². The molecule has 0 aliphatic heterocycles. The predicted octanol–water partition coefficient (Wildman–Crippen LogP) is 5.36. The summed E-state index contributed by atoms with van der Waals surface area (Å²) in [5, 5.41) is 21.9. The molecule has 0 aromatic heterocycles. The van der Waals surface area contributed by atoms with Gasteiger partial charge in [-0.2, -0.15) is 0 Å². The number of hydrogen-bond donors (Lipinski definition) is 3. The first kappa shape index (κ1) is 27.9. The van der Waals surface area contributed by atoms with Crippen LogP contribution in [0.5, 0.6) is 0 Å². The summed E-state index contributed by atoms with van der Waals surface area (Å²) in [7, 11) is -3.19. The van der Waals surface area contributed by atoms with Gasteiger partial charge in [-0.1, -0.05) is 34.1 Å². The van der Waals surface area contributed by atoms with Crippen LogP contribution in [0.3, 0.4) is 0 Å². The molecule has 0 heterocycles. The number of nitrogens with one attached hydrogen (secondary N) is 1. The second-order valence-corrected chi connectivity index (χ2v) is 16.1. The lowest BCUT2D eigenvalue weighted by atomic mass is 9.41. The van der Waals surface area contributed by atoms with Gasteiger partial charge in [0.25, 0.3) is 0 Å². The molecule has 0 saturated heterocycles. The number of rotatable bonds is 8. The van der Waals surface area contributed by atoms with Crippen molar-refractivity contribution in [2.45, 2.75) is 123 Å². The van der Waals surface area contributed by atoms with Crippen LogP contribution in [0.1, 0.15) is 106 Å². The first-order valence-electron chi connectivity index (χ1n) is 14.7. The van der Waals surface area contributed by atoms with Crippen LogP contribution in [-0.4, -0.2) is 42.6 Å². The van der Waals surface area contributed by atoms with Gasteiger partial charge in [0.05, 0.1) is 17.5 Å². The molecule has 4 rings (SSSR count). The molecule has 0 amide bonds. The number of hydrogen-bond acceptors (Lipinski definition) is 4. The van der Waals surface area contributed by atoms with Gasteiger partial charge in [-0.15, -0.1) is 0 Å². The predicted molar refractivity (Wildman–Crippen MR) is 142 cm³/mol. The van der Waals surface area contributed by atoms with Crippen LogP contribution >= 0.6 is 0 Å². The summed E-state index contributed by atoms with van der Waals surface area (Å²) in [6.07, 6.45) is 10.4. The summed E-state index contributed by atoms with van der Waals surface area (Å²) in [5.41, 5.74) is 0.525. The summed E-state index contributed by atoms with van der Waals surface area (Å²) < 4.78 is 26.9.